The van der Waals surface area contributed by atoms with Crippen molar-refractivity contribution in [2.75, 3.05) is 11.5 Å². The van der Waals surface area contributed by atoms with Gasteiger partial charge in [-0.25, -0.2) is 0 Å². The average molecular weight is 225 g/mol. The van der Waals surface area contributed by atoms with E-state index in [2.05, 4.69) is 6.92 Å². The Bertz CT molecular complexity index is 153. The van der Waals surface area contributed by atoms with Gasteiger partial charge in [0, 0.05) is 16.3 Å². The Kier molecular flexibility index (Phi) is 9.82. The van der Waals surface area contributed by atoms with E-state index >= 15 is 0 Å². The Balaban J connectivity index is 3.33. The van der Waals surface area contributed by atoms with Gasteiger partial charge in [-0.2, -0.15) is 11.8 Å². The molecule has 0 rings (SSSR count). The van der Waals surface area contributed by atoms with Gasteiger partial charge in [0.1, 0.15) is 0 Å². The van der Waals surface area contributed by atoms with Crippen LogP contribution in [0, 0.1) is 0 Å². The van der Waals surface area contributed by atoms with Gasteiger partial charge in [0.2, 0.25) is 0 Å². The van der Waals surface area contributed by atoms with E-state index in [-0.39, 0.29) is 0 Å². The maximum Gasteiger partial charge on any atom is 0.0383 e. The molecule has 0 bridgehead atoms. The zero-order valence-electron chi connectivity index (χ0n) is 7.22. The first-order valence-electron chi connectivity index (χ1n) is 4.01. The van der Waals surface area contributed by atoms with Gasteiger partial charge in [-0.15, -0.1) is 0 Å². The van der Waals surface area contributed by atoms with Gasteiger partial charge < -0.3 is 0 Å². The number of rotatable bonds is 6. The summed E-state index contributed by atoms with van der Waals surface area (Å²) in [5.41, 5.74) is 1.43. The summed E-state index contributed by atoms with van der Waals surface area (Å²) in [6, 6.07) is 0. The summed E-state index contributed by atoms with van der Waals surface area (Å²) in [6.07, 6.45) is 6.19. The fourth-order valence-electron chi connectivity index (χ4n) is 0.596. The molecule has 0 atom stereocenters. The van der Waals surface area contributed by atoms with E-state index in [1.54, 1.807) is 6.08 Å². The molecular formula is C9H14Cl2S. The van der Waals surface area contributed by atoms with Crippen molar-refractivity contribution < 1.29 is 0 Å². The van der Waals surface area contributed by atoms with Crippen LogP contribution < -0.4 is 0 Å². The van der Waals surface area contributed by atoms with Crippen molar-refractivity contribution in [2.45, 2.75) is 19.8 Å². The maximum absolute atomic E-state index is 5.77. The highest BCUT2D eigenvalue weighted by Gasteiger charge is 1.86. The molecule has 3 heteroatoms. The molecule has 0 aromatic carbocycles. The second-order valence-corrected chi connectivity index (χ2v) is 4.15. The molecule has 0 saturated heterocycles. The first kappa shape index (κ1) is 12.4. The first-order valence-corrected chi connectivity index (χ1v) is 5.98. The largest absolute Gasteiger partial charge is 0.158 e. The van der Waals surface area contributed by atoms with Crippen LogP contribution in [0.25, 0.3) is 0 Å². The third-order valence-electron chi connectivity index (χ3n) is 1.26. The highest BCUT2D eigenvalue weighted by Crippen LogP contribution is 2.09. The van der Waals surface area contributed by atoms with Crippen molar-refractivity contribution >= 4 is 35.0 Å². The van der Waals surface area contributed by atoms with Crippen molar-refractivity contribution in [3.63, 3.8) is 0 Å². The lowest BCUT2D eigenvalue weighted by molar-refractivity contribution is 0.897. The van der Waals surface area contributed by atoms with Gasteiger partial charge in [-0.1, -0.05) is 42.6 Å². The van der Waals surface area contributed by atoms with Gasteiger partial charge in [0.05, 0.1) is 0 Å². The summed E-state index contributed by atoms with van der Waals surface area (Å²) in [7, 11) is 0. The molecule has 0 aliphatic heterocycles. The van der Waals surface area contributed by atoms with Gasteiger partial charge in [0.25, 0.3) is 0 Å². The second-order valence-electron chi connectivity index (χ2n) is 2.31. The minimum atomic E-state index is 0.717. The topological polar surface area (TPSA) is 0 Å². The molecule has 0 aromatic heterocycles. The van der Waals surface area contributed by atoms with Crippen LogP contribution in [0.4, 0.5) is 0 Å². The monoisotopic (exact) mass is 224 g/mol. The molecule has 0 fully saturated rings. The highest BCUT2D eigenvalue weighted by molar-refractivity contribution is 7.99. The summed E-state index contributed by atoms with van der Waals surface area (Å²) in [5, 5.41) is 0.717. The number of thioether (sulfide) groups is 1. The number of hydrogen-bond donors (Lipinski definition) is 0. The Morgan fingerprint density at radius 1 is 1.50 bits per heavy atom. The molecule has 0 spiro atoms. The quantitative estimate of drug-likeness (QED) is 0.477. The van der Waals surface area contributed by atoms with E-state index in [0.717, 1.165) is 5.75 Å². The van der Waals surface area contributed by atoms with E-state index in [1.807, 2.05) is 17.8 Å². The van der Waals surface area contributed by atoms with Gasteiger partial charge in [0.15, 0.2) is 0 Å². The Morgan fingerprint density at radius 2 is 2.25 bits per heavy atom. The van der Waals surface area contributed by atoms with E-state index in [9.17, 15) is 0 Å². The van der Waals surface area contributed by atoms with Crippen molar-refractivity contribution in [3.8, 4) is 0 Å². The zero-order valence-corrected chi connectivity index (χ0v) is 9.55. The number of allylic oxidation sites excluding steroid dienone is 2. The van der Waals surface area contributed by atoms with Crippen molar-refractivity contribution in [2.24, 2.45) is 0 Å². The van der Waals surface area contributed by atoms with Gasteiger partial charge >= 0.3 is 0 Å². The normalized spacial score (nSPS) is 12.8. The van der Waals surface area contributed by atoms with E-state index in [4.69, 9.17) is 23.2 Å². The number of hydrogen-bond acceptors (Lipinski definition) is 1. The summed E-state index contributed by atoms with van der Waals surface area (Å²) in [5.74, 6) is 2.18. The standard InChI is InChI=1S/C9H14Cl2S/c1-2-3-7-12-8-5-9(11)4-6-10/h4-6H,2-3,7-8H2,1H3/b6-4-,9-5+. The van der Waals surface area contributed by atoms with E-state index in [0.29, 0.717) is 5.03 Å². The Morgan fingerprint density at radius 3 is 2.83 bits per heavy atom. The molecule has 0 nitrogen and oxygen atoms in total. The molecule has 0 amide bonds. The predicted molar refractivity (Wildman–Crippen MR) is 61.2 cm³/mol. The Labute approximate surface area is 89.0 Å². The van der Waals surface area contributed by atoms with Crippen LogP contribution in [-0.2, 0) is 0 Å². The second kappa shape index (κ2) is 9.50. The van der Waals surface area contributed by atoms with Crippen LogP contribution in [0.3, 0.4) is 0 Å². The van der Waals surface area contributed by atoms with E-state index in [1.165, 1.54) is 24.1 Å². The van der Waals surface area contributed by atoms with Crippen LogP contribution in [0.5, 0.6) is 0 Å². The highest BCUT2D eigenvalue weighted by atomic mass is 35.5. The summed E-state index contributed by atoms with van der Waals surface area (Å²) in [6.45, 7) is 2.19. The average Bonchev–Trinajstić information content (AvgIpc) is 2.05. The van der Waals surface area contributed by atoms with Crippen LogP contribution in [0.15, 0.2) is 22.7 Å². The lowest BCUT2D eigenvalue weighted by atomic mass is 10.4. The lowest BCUT2D eigenvalue weighted by Gasteiger charge is -1.94. The number of halogens is 2. The van der Waals surface area contributed by atoms with Crippen LogP contribution >= 0.6 is 35.0 Å². The van der Waals surface area contributed by atoms with Crippen LogP contribution in [0.2, 0.25) is 0 Å². The third kappa shape index (κ3) is 8.51. The van der Waals surface area contributed by atoms with Crippen molar-refractivity contribution in [1.82, 2.24) is 0 Å². The molecule has 0 heterocycles. The van der Waals surface area contributed by atoms with Crippen LogP contribution in [0.1, 0.15) is 19.8 Å². The van der Waals surface area contributed by atoms with Crippen molar-refractivity contribution in [1.29, 1.82) is 0 Å². The van der Waals surface area contributed by atoms with Crippen LogP contribution in [-0.4, -0.2) is 11.5 Å². The molecule has 0 aliphatic rings. The molecule has 0 aromatic rings. The van der Waals surface area contributed by atoms with Gasteiger partial charge in [-0.3, -0.25) is 0 Å². The molecule has 0 saturated carbocycles. The molecular weight excluding hydrogens is 211 g/mol. The SMILES string of the molecule is CCCCSC/C=C(Cl)\C=C/Cl. The zero-order chi connectivity index (χ0) is 9.23. The molecule has 0 unspecified atom stereocenters. The first-order chi connectivity index (χ1) is 5.81. The molecule has 0 N–H and O–H groups in total. The minimum absolute atomic E-state index is 0.717. The molecule has 0 aliphatic carbocycles. The Hall–Kier alpha value is 0.410. The predicted octanol–water partition coefficient (Wildman–Crippen LogP) is 4.39. The number of unbranched alkanes of at least 4 members (excludes halogenated alkanes) is 1. The van der Waals surface area contributed by atoms with E-state index < -0.39 is 0 Å². The summed E-state index contributed by atoms with van der Waals surface area (Å²) >= 11 is 13.0. The fourth-order valence-corrected chi connectivity index (χ4v) is 1.99. The fraction of sp³-hybridized carbons (Fsp3) is 0.556. The molecule has 70 valence electrons. The summed E-state index contributed by atoms with van der Waals surface area (Å²) < 4.78 is 0. The molecule has 12 heavy (non-hydrogen) atoms. The smallest absolute Gasteiger partial charge is 0.0383 e. The summed E-state index contributed by atoms with van der Waals surface area (Å²) in [4.78, 5) is 0. The third-order valence-corrected chi connectivity index (χ3v) is 2.65. The van der Waals surface area contributed by atoms with Gasteiger partial charge in [-0.05, 0) is 18.2 Å². The maximum atomic E-state index is 5.77. The minimum Gasteiger partial charge on any atom is -0.158 e. The molecule has 0 radical (unpaired) electrons. The van der Waals surface area contributed by atoms with Crippen molar-refractivity contribution in [3.05, 3.63) is 22.7 Å². The lowest BCUT2D eigenvalue weighted by Crippen LogP contribution is -1.79.